The van der Waals surface area contributed by atoms with Crippen LogP contribution in [-0.4, -0.2) is 63.3 Å². The number of ether oxygens (including phenoxy) is 1. The van der Waals surface area contributed by atoms with Gasteiger partial charge in [-0.05, 0) is 24.9 Å². The number of hydrogen-bond donors (Lipinski definition) is 2. The van der Waals surface area contributed by atoms with Crippen molar-refractivity contribution in [2.24, 2.45) is 0 Å². The Kier molecular flexibility index (Phi) is 6.46. The summed E-state index contributed by atoms with van der Waals surface area (Å²) >= 11 is 1.72. The van der Waals surface area contributed by atoms with Crippen LogP contribution in [0, 0.1) is 0 Å². The van der Waals surface area contributed by atoms with Crippen LogP contribution in [0.4, 0.5) is 0 Å². The fourth-order valence-electron chi connectivity index (χ4n) is 2.18. The van der Waals surface area contributed by atoms with Gasteiger partial charge < -0.3 is 20.3 Å². The zero-order chi connectivity index (χ0) is 14.2. The predicted octanol–water partition coefficient (Wildman–Crippen LogP) is 0.327. The molecule has 1 amide bonds. The van der Waals surface area contributed by atoms with Crippen LogP contribution in [0.25, 0.3) is 0 Å². The SMILES string of the molecule is CN1CCOC(CNCC(=O)NCCc2cccs2)C1. The van der Waals surface area contributed by atoms with E-state index in [9.17, 15) is 4.79 Å². The Labute approximate surface area is 124 Å². The quantitative estimate of drug-likeness (QED) is 0.761. The molecule has 0 radical (unpaired) electrons. The average molecular weight is 297 g/mol. The number of nitrogens with one attached hydrogen (secondary N) is 2. The molecule has 1 aliphatic rings. The first-order valence-corrected chi connectivity index (χ1v) is 7.92. The minimum atomic E-state index is 0.0470. The molecule has 1 atom stereocenters. The lowest BCUT2D eigenvalue weighted by molar-refractivity contribution is -0.120. The Morgan fingerprint density at radius 1 is 1.60 bits per heavy atom. The first-order valence-electron chi connectivity index (χ1n) is 7.04. The molecular weight excluding hydrogens is 274 g/mol. The van der Waals surface area contributed by atoms with Gasteiger partial charge in [-0.2, -0.15) is 0 Å². The van der Waals surface area contributed by atoms with Crippen molar-refractivity contribution in [2.75, 3.05) is 46.4 Å². The molecule has 1 fully saturated rings. The van der Waals surface area contributed by atoms with E-state index >= 15 is 0 Å². The first kappa shape index (κ1) is 15.4. The van der Waals surface area contributed by atoms with Crippen molar-refractivity contribution in [3.05, 3.63) is 22.4 Å². The Morgan fingerprint density at radius 2 is 2.50 bits per heavy atom. The van der Waals surface area contributed by atoms with Crippen LogP contribution in [0.1, 0.15) is 4.88 Å². The van der Waals surface area contributed by atoms with Gasteiger partial charge in [0, 0.05) is 31.1 Å². The molecule has 2 rings (SSSR count). The third kappa shape index (κ3) is 5.58. The molecule has 1 aromatic heterocycles. The van der Waals surface area contributed by atoms with Crippen LogP contribution < -0.4 is 10.6 Å². The zero-order valence-electron chi connectivity index (χ0n) is 11.9. The Morgan fingerprint density at radius 3 is 3.25 bits per heavy atom. The molecule has 20 heavy (non-hydrogen) atoms. The van der Waals surface area contributed by atoms with Crippen molar-refractivity contribution in [3.63, 3.8) is 0 Å². The van der Waals surface area contributed by atoms with E-state index in [4.69, 9.17) is 4.74 Å². The summed E-state index contributed by atoms with van der Waals surface area (Å²) in [6.07, 6.45) is 1.09. The van der Waals surface area contributed by atoms with E-state index in [1.54, 1.807) is 11.3 Å². The van der Waals surface area contributed by atoms with E-state index in [1.807, 2.05) is 6.07 Å². The largest absolute Gasteiger partial charge is 0.374 e. The zero-order valence-corrected chi connectivity index (χ0v) is 12.7. The van der Waals surface area contributed by atoms with Gasteiger partial charge in [-0.1, -0.05) is 6.07 Å². The summed E-state index contributed by atoms with van der Waals surface area (Å²) < 4.78 is 5.63. The molecule has 112 valence electrons. The molecule has 0 saturated carbocycles. The van der Waals surface area contributed by atoms with E-state index in [0.29, 0.717) is 13.1 Å². The minimum Gasteiger partial charge on any atom is -0.374 e. The first-order chi connectivity index (χ1) is 9.74. The van der Waals surface area contributed by atoms with Gasteiger partial charge in [0.25, 0.3) is 0 Å². The third-order valence-electron chi connectivity index (χ3n) is 3.27. The summed E-state index contributed by atoms with van der Waals surface area (Å²) in [7, 11) is 2.09. The smallest absolute Gasteiger partial charge is 0.233 e. The molecule has 0 aliphatic carbocycles. The fourth-order valence-corrected chi connectivity index (χ4v) is 2.89. The number of carbonyl (C=O) groups is 1. The lowest BCUT2D eigenvalue weighted by atomic mass is 10.3. The molecule has 2 N–H and O–H groups in total. The van der Waals surface area contributed by atoms with Crippen molar-refractivity contribution in [1.29, 1.82) is 0 Å². The molecule has 2 heterocycles. The Hall–Kier alpha value is -0.950. The highest BCUT2D eigenvalue weighted by molar-refractivity contribution is 7.09. The third-order valence-corrected chi connectivity index (χ3v) is 4.21. The number of morpholine rings is 1. The maximum atomic E-state index is 11.7. The summed E-state index contributed by atoms with van der Waals surface area (Å²) in [6.45, 7) is 4.46. The van der Waals surface area contributed by atoms with Crippen molar-refractivity contribution in [3.8, 4) is 0 Å². The van der Waals surface area contributed by atoms with E-state index < -0.39 is 0 Å². The predicted molar refractivity (Wildman–Crippen MR) is 81.1 cm³/mol. The lowest BCUT2D eigenvalue weighted by Gasteiger charge is -2.30. The van der Waals surface area contributed by atoms with Gasteiger partial charge in [0.2, 0.25) is 5.91 Å². The second-order valence-electron chi connectivity index (χ2n) is 5.07. The number of amides is 1. The number of rotatable bonds is 7. The van der Waals surface area contributed by atoms with E-state index in [2.05, 4.69) is 34.0 Å². The maximum Gasteiger partial charge on any atom is 0.233 e. The highest BCUT2D eigenvalue weighted by atomic mass is 32.1. The van der Waals surface area contributed by atoms with Crippen molar-refractivity contribution < 1.29 is 9.53 Å². The molecule has 0 spiro atoms. The molecule has 5 nitrogen and oxygen atoms in total. The number of carbonyl (C=O) groups excluding carboxylic acids is 1. The summed E-state index contributed by atoms with van der Waals surface area (Å²) in [5.74, 6) is 0.0470. The molecule has 0 bridgehead atoms. The molecule has 1 saturated heterocycles. The average Bonchev–Trinajstić information content (AvgIpc) is 2.92. The lowest BCUT2D eigenvalue weighted by Crippen LogP contribution is -2.46. The van der Waals surface area contributed by atoms with Gasteiger partial charge >= 0.3 is 0 Å². The van der Waals surface area contributed by atoms with Gasteiger partial charge in [0.1, 0.15) is 0 Å². The van der Waals surface area contributed by atoms with E-state index in [0.717, 1.165) is 32.7 Å². The van der Waals surface area contributed by atoms with Crippen LogP contribution in [0.5, 0.6) is 0 Å². The molecule has 1 aliphatic heterocycles. The second-order valence-corrected chi connectivity index (χ2v) is 6.10. The molecule has 6 heteroatoms. The highest BCUT2D eigenvalue weighted by Gasteiger charge is 2.17. The van der Waals surface area contributed by atoms with Crippen LogP contribution in [-0.2, 0) is 16.0 Å². The summed E-state index contributed by atoms with van der Waals surface area (Å²) in [5, 5.41) is 8.13. The summed E-state index contributed by atoms with van der Waals surface area (Å²) in [6, 6.07) is 4.12. The Bertz CT molecular complexity index is 397. The number of thiophene rings is 1. The minimum absolute atomic E-state index is 0.0470. The number of hydrogen-bond acceptors (Lipinski definition) is 5. The number of nitrogens with zero attached hydrogens (tertiary/aromatic N) is 1. The topological polar surface area (TPSA) is 53.6 Å². The van der Waals surface area contributed by atoms with Crippen LogP contribution >= 0.6 is 11.3 Å². The van der Waals surface area contributed by atoms with Gasteiger partial charge in [0.15, 0.2) is 0 Å². The van der Waals surface area contributed by atoms with Gasteiger partial charge in [-0.3, -0.25) is 4.79 Å². The second kappa shape index (κ2) is 8.36. The highest BCUT2D eigenvalue weighted by Crippen LogP contribution is 2.07. The van der Waals surface area contributed by atoms with E-state index in [-0.39, 0.29) is 12.0 Å². The molecule has 0 aromatic carbocycles. The van der Waals surface area contributed by atoms with Crippen LogP contribution in [0.2, 0.25) is 0 Å². The van der Waals surface area contributed by atoms with Crippen LogP contribution in [0.3, 0.4) is 0 Å². The normalized spacial score (nSPS) is 19.9. The molecule has 1 aromatic rings. The van der Waals surface area contributed by atoms with Crippen molar-refractivity contribution in [1.82, 2.24) is 15.5 Å². The van der Waals surface area contributed by atoms with Gasteiger partial charge in [0.05, 0.1) is 19.3 Å². The van der Waals surface area contributed by atoms with E-state index in [1.165, 1.54) is 4.88 Å². The monoisotopic (exact) mass is 297 g/mol. The maximum absolute atomic E-state index is 11.7. The fraction of sp³-hybridized carbons (Fsp3) is 0.643. The standard InChI is InChI=1S/C14H23N3O2S/c1-17-6-7-19-12(11-17)9-15-10-14(18)16-5-4-13-3-2-8-20-13/h2-3,8,12,15H,4-7,9-11H2,1H3,(H,16,18). The Balaban J connectivity index is 1.51. The molecular formula is C14H23N3O2S. The van der Waals surface area contributed by atoms with Gasteiger partial charge in [-0.25, -0.2) is 0 Å². The van der Waals surface area contributed by atoms with Crippen molar-refractivity contribution in [2.45, 2.75) is 12.5 Å². The van der Waals surface area contributed by atoms with Gasteiger partial charge in [-0.15, -0.1) is 11.3 Å². The summed E-state index contributed by atoms with van der Waals surface area (Å²) in [5.41, 5.74) is 0. The number of likely N-dealkylation sites (N-methyl/N-ethyl adjacent to an activating group) is 1. The van der Waals surface area contributed by atoms with Crippen LogP contribution in [0.15, 0.2) is 17.5 Å². The molecule has 1 unspecified atom stereocenters. The van der Waals surface area contributed by atoms with Crippen molar-refractivity contribution >= 4 is 17.2 Å². The summed E-state index contributed by atoms with van der Waals surface area (Å²) in [4.78, 5) is 15.2.